The van der Waals surface area contributed by atoms with Crippen molar-refractivity contribution in [2.75, 3.05) is 14.2 Å². The average Bonchev–Trinajstić information content (AvgIpc) is 3.26. The van der Waals surface area contributed by atoms with Crippen LogP contribution in [0.4, 0.5) is 0 Å². The van der Waals surface area contributed by atoms with Crippen molar-refractivity contribution in [1.29, 1.82) is 0 Å². The minimum absolute atomic E-state index is 0.343. The van der Waals surface area contributed by atoms with Crippen molar-refractivity contribution in [2.45, 2.75) is 0 Å². The van der Waals surface area contributed by atoms with Gasteiger partial charge in [0.15, 0.2) is 17.1 Å². The fourth-order valence-corrected chi connectivity index (χ4v) is 2.70. The van der Waals surface area contributed by atoms with Crippen molar-refractivity contribution < 1.29 is 18.4 Å². The maximum absolute atomic E-state index is 11.6. The van der Waals surface area contributed by atoms with Crippen LogP contribution in [0, 0.1) is 0 Å². The molecule has 0 atom stereocenters. The minimum atomic E-state index is -0.420. The Hall–Kier alpha value is -3.55. The van der Waals surface area contributed by atoms with Crippen LogP contribution in [0.2, 0.25) is 0 Å². The lowest BCUT2D eigenvalue weighted by molar-refractivity contribution is 0.355. The summed E-state index contributed by atoms with van der Waals surface area (Å²) in [5.74, 6) is 1.49. The van der Waals surface area contributed by atoms with Crippen molar-refractivity contribution in [3.05, 3.63) is 46.9 Å². The zero-order valence-corrected chi connectivity index (χ0v) is 14.3. The van der Waals surface area contributed by atoms with Gasteiger partial charge in [0.2, 0.25) is 5.82 Å². The van der Waals surface area contributed by atoms with E-state index in [0.717, 1.165) is 0 Å². The quantitative estimate of drug-likeness (QED) is 0.557. The number of fused-ring (bicyclic) bond motifs is 1. The molecular weight excluding hydrogens is 338 g/mol. The van der Waals surface area contributed by atoms with Gasteiger partial charge in [0.25, 0.3) is 5.89 Å². The molecule has 2 aromatic carbocycles. The summed E-state index contributed by atoms with van der Waals surface area (Å²) in [5, 5.41) is 4.01. The van der Waals surface area contributed by atoms with E-state index in [1.807, 2.05) is 0 Å². The summed E-state index contributed by atoms with van der Waals surface area (Å²) in [4.78, 5) is 16.0. The van der Waals surface area contributed by atoms with E-state index in [2.05, 4.69) is 10.1 Å². The van der Waals surface area contributed by atoms with Crippen LogP contribution < -0.4 is 15.2 Å². The number of aryl methyl sites for hydroxylation is 1. The Kier molecular flexibility index (Phi) is 3.72. The highest BCUT2D eigenvalue weighted by Gasteiger charge is 2.15. The van der Waals surface area contributed by atoms with Crippen molar-refractivity contribution >= 4 is 11.1 Å². The Morgan fingerprint density at radius 1 is 1.00 bits per heavy atom. The van der Waals surface area contributed by atoms with Crippen molar-refractivity contribution in [3.8, 4) is 34.3 Å². The summed E-state index contributed by atoms with van der Waals surface area (Å²) in [6.07, 6.45) is 0. The molecule has 0 fully saturated rings. The van der Waals surface area contributed by atoms with E-state index in [-0.39, 0.29) is 0 Å². The lowest BCUT2D eigenvalue weighted by Crippen LogP contribution is -2.08. The molecular formula is C18H15N3O5. The van der Waals surface area contributed by atoms with Crippen LogP contribution in [0.5, 0.6) is 11.5 Å². The predicted molar refractivity (Wildman–Crippen MR) is 93.3 cm³/mol. The molecule has 0 aliphatic rings. The number of hydrogen-bond donors (Lipinski definition) is 0. The van der Waals surface area contributed by atoms with E-state index in [0.29, 0.717) is 45.4 Å². The standard InChI is InChI=1S/C18H15N3O5/c1-21-12-6-4-10(8-14(12)25-18(21)22)16-19-17(26-20-16)11-5-7-13(23-2)15(9-11)24-3/h4-9H,1-3H3. The number of nitrogens with zero attached hydrogens (tertiary/aromatic N) is 3. The van der Waals surface area contributed by atoms with Crippen LogP contribution in [-0.4, -0.2) is 28.9 Å². The molecule has 2 aromatic heterocycles. The normalized spacial score (nSPS) is 11.0. The summed E-state index contributed by atoms with van der Waals surface area (Å²) >= 11 is 0. The van der Waals surface area contributed by atoms with Crippen molar-refractivity contribution in [1.82, 2.24) is 14.7 Å². The average molecular weight is 353 g/mol. The number of rotatable bonds is 4. The predicted octanol–water partition coefficient (Wildman–Crippen LogP) is 2.87. The summed E-state index contributed by atoms with van der Waals surface area (Å²) in [7, 11) is 4.78. The first-order valence-corrected chi connectivity index (χ1v) is 7.77. The second kappa shape index (κ2) is 6.07. The van der Waals surface area contributed by atoms with E-state index in [1.165, 1.54) is 4.57 Å². The van der Waals surface area contributed by atoms with Crippen LogP contribution >= 0.6 is 0 Å². The van der Waals surface area contributed by atoms with Gasteiger partial charge >= 0.3 is 5.76 Å². The van der Waals surface area contributed by atoms with Gasteiger partial charge in [-0.15, -0.1) is 0 Å². The molecule has 2 heterocycles. The van der Waals surface area contributed by atoms with Gasteiger partial charge in [-0.1, -0.05) is 5.16 Å². The highest BCUT2D eigenvalue weighted by molar-refractivity contribution is 5.79. The second-order valence-electron chi connectivity index (χ2n) is 5.60. The summed E-state index contributed by atoms with van der Waals surface area (Å²) in [5.41, 5.74) is 2.55. The molecule has 0 N–H and O–H groups in total. The molecule has 26 heavy (non-hydrogen) atoms. The van der Waals surface area contributed by atoms with Gasteiger partial charge in [-0.2, -0.15) is 4.98 Å². The first-order chi connectivity index (χ1) is 12.6. The third-order valence-electron chi connectivity index (χ3n) is 4.11. The molecule has 0 saturated carbocycles. The van der Waals surface area contributed by atoms with E-state index in [4.69, 9.17) is 18.4 Å². The van der Waals surface area contributed by atoms with Crippen molar-refractivity contribution in [2.24, 2.45) is 7.05 Å². The largest absolute Gasteiger partial charge is 0.493 e. The van der Waals surface area contributed by atoms with Gasteiger partial charge in [-0.3, -0.25) is 4.57 Å². The van der Waals surface area contributed by atoms with E-state index >= 15 is 0 Å². The second-order valence-corrected chi connectivity index (χ2v) is 5.60. The summed E-state index contributed by atoms with van der Waals surface area (Å²) in [6.45, 7) is 0. The molecule has 0 aliphatic heterocycles. The molecule has 0 amide bonds. The molecule has 0 aliphatic carbocycles. The lowest BCUT2D eigenvalue weighted by atomic mass is 10.2. The summed E-state index contributed by atoms with van der Waals surface area (Å²) in [6, 6.07) is 10.6. The molecule has 4 aromatic rings. The van der Waals surface area contributed by atoms with Crippen LogP contribution in [0.15, 0.2) is 50.1 Å². The van der Waals surface area contributed by atoms with Gasteiger partial charge in [-0.25, -0.2) is 4.79 Å². The highest BCUT2D eigenvalue weighted by Crippen LogP contribution is 2.32. The third kappa shape index (κ3) is 2.52. The van der Waals surface area contributed by atoms with E-state index < -0.39 is 5.76 Å². The van der Waals surface area contributed by atoms with Crippen LogP contribution in [0.3, 0.4) is 0 Å². The topological polar surface area (TPSA) is 92.5 Å². The van der Waals surface area contributed by atoms with Crippen molar-refractivity contribution in [3.63, 3.8) is 0 Å². The Bertz CT molecular complexity index is 1160. The van der Waals surface area contributed by atoms with Gasteiger partial charge < -0.3 is 18.4 Å². The molecule has 0 unspecified atom stereocenters. The van der Waals surface area contributed by atoms with E-state index in [9.17, 15) is 4.79 Å². The maximum atomic E-state index is 11.6. The molecule has 8 nitrogen and oxygen atoms in total. The molecule has 132 valence electrons. The van der Waals surface area contributed by atoms with Gasteiger partial charge in [0.1, 0.15) is 0 Å². The first kappa shape index (κ1) is 15.9. The number of oxazole rings is 1. The Labute approximate surface area is 147 Å². The molecule has 4 rings (SSSR count). The zero-order chi connectivity index (χ0) is 18.3. The molecule has 0 saturated heterocycles. The smallest absolute Gasteiger partial charge is 0.419 e. The number of methoxy groups -OCH3 is 2. The van der Waals surface area contributed by atoms with Crippen LogP contribution in [0.25, 0.3) is 33.9 Å². The Morgan fingerprint density at radius 2 is 1.77 bits per heavy atom. The SMILES string of the molecule is COc1ccc(-c2nc(-c3ccc4c(c3)oc(=O)n4C)no2)cc1OC. The monoisotopic (exact) mass is 353 g/mol. The Balaban J connectivity index is 1.73. The number of ether oxygens (including phenoxy) is 2. The molecule has 0 spiro atoms. The molecule has 8 heteroatoms. The van der Waals surface area contributed by atoms with Gasteiger partial charge in [0.05, 0.1) is 19.7 Å². The number of benzene rings is 2. The molecule has 0 bridgehead atoms. The summed E-state index contributed by atoms with van der Waals surface area (Å²) < 4.78 is 22.5. The Morgan fingerprint density at radius 3 is 2.54 bits per heavy atom. The highest BCUT2D eigenvalue weighted by atomic mass is 16.5. The van der Waals surface area contributed by atoms with Gasteiger partial charge in [-0.05, 0) is 36.4 Å². The number of hydrogen-bond acceptors (Lipinski definition) is 7. The fraction of sp³-hybridized carbons (Fsp3) is 0.167. The zero-order valence-electron chi connectivity index (χ0n) is 14.3. The van der Waals surface area contributed by atoms with Crippen LogP contribution in [-0.2, 0) is 7.05 Å². The molecule has 0 radical (unpaired) electrons. The fourth-order valence-electron chi connectivity index (χ4n) is 2.70. The van der Waals surface area contributed by atoms with Gasteiger partial charge in [0, 0.05) is 18.2 Å². The minimum Gasteiger partial charge on any atom is -0.493 e. The number of aromatic nitrogens is 3. The van der Waals surface area contributed by atoms with E-state index in [1.54, 1.807) is 57.7 Å². The first-order valence-electron chi connectivity index (χ1n) is 7.77. The lowest BCUT2D eigenvalue weighted by Gasteiger charge is -2.07. The maximum Gasteiger partial charge on any atom is 0.419 e. The van der Waals surface area contributed by atoms with Crippen LogP contribution in [0.1, 0.15) is 0 Å². The third-order valence-corrected chi connectivity index (χ3v) is 4.11.